The first-order chi connectivity index (χ1) is 16.5. The smallest absolute Gasteiger partial charge is 0.203 e. The van der Waals surface area contributed by atoms with Crippen molar-refractivity contribution in [3.05, 3.63) is 48.1 Å². The van der Waals surface area contributed by atoms with Crippen LogP contribution in [0.1, 0.15) is 19.9 Å². The number of anilines is 2. The molecule has 34 heavy (non-hydrogen) atoms. The lowest BCUT2D eigenvalue weighted by Crippen LogP contribution is -2.04. The first-order valence-corrected chi connectivity index (χ1v) is 11.7. The minimum atomic E-state index is 0.195. The van der Waals surface area contributed by atoms with Gasteiger partial charge in [0, 0.05) is 44.9 Å². The molecule has 0 amide bonds. The van der Waals surface area contributed by atoms with Gasteiger partial charge in [-0.05, 0) is 19.9 Å². The van der Waals surface area contributed by atoms with Crippen LogP contribution >= 0.6 is 11.3 Å². The van der Waals surface area contributed by atoms with E-state index >= 15 is 0 Å². The van der Waals surface area contributed by atoms with E-state index in [9.17, 15) is 0 Å². The van der Waals surface area contributed by atoms with Gasteiger partial charge < -0.3 is 24.1 Å². The van der Waals surface area contributed by atoms with Crippen LogP contribution in [0, 0.1) is 0 Å². The summed E-state index contributed by atoms with van der Waals surface area (Å²) in [6.45, 7) is 4.21. The lowest BCUT2D eigenvalue weighted by molar-refractivity contribution is 0.324. The van der Waals surface area contributed by atoms with E-state index in [0.717, 1.165) is 22.3 Å². The van der Waals surface area contributed by atoms with Gasteiger partial charge in [-0.1, -0.05) is 18.2 Å². The summed E-state index contributed by atoms with van der Waals surface area (Å²) in [5.41, 5.74) is 3.18. The first kappa shape index (κ1) is 22.0. The molecule has 2 aromatic carbocycles. The molecule has 0 bridgehead atoms. The summed E-state index contributed by atoms with van der Waals surface area (Å²) in [5.74, 6) is 2.86. The maximum absolute atomic E-state index is 5.51. The molecular weight excluding hydrogens is 450 g/mol. The minimum Gasteiger partial charge on any atom is -0.493 e. The Kier molecular flexibility index (Phi) is 5.70. The molecule has 0 aliphatic heterocycles. The van der Waals surface area contributed by atoms with Crippen molar-refractivity contribution in [1.29, 1.82) is 0 Å². The van der Waals surface area contributed by atoms with E-state index in [2.05, 4.69) is 46.2 Å². The molecule has 0 aliphatic carbocycles. The summed E-state index contributed by atoms with van der Waals surface area (Å²) in [6.07, 6.45) is 1.81. The zero-order valence-electron chi connectivity index (χ0n) is 19.6. The number of thiophene rings is 1. The number of hydrogen-bond acceptors (Lipinski definition) is 8. The van der Waals surface area contributed by atoms with Crippen LogP contribution < -0.4 is 19.5 Å². The van der Waals surface area contributed by atoms with Gasteiger partial charge in [0.05, 0.1) is 27.7 Å². The highest BCUT2D eigenvalue weighted by molar-refractivity contribution is 7.17. The van der Waals surface area contributed by atoms with Crippen molar-refractivity contribution in [2.75, 3.05) is 26.6 Å². The minimum absolute atomic E-state index is 0.195. The summed E-state index contributed by atoms with van der Waals surface area (Å²) in [6, 6.07) is 12.2. The lowest BCUT2D eigenvalue weighted by atomic mass is 10.1. The number of nitrogens with zero attached hydrogens (tertiary/aromatic N) is 4. The second-order valence-corrected chi connectivity index (χ2v) is 8.91. The van der Waals surface area contributed by atoms with Crippen molar-refractivity contribution in [3.8, 4) is 28.6 Å². The maximum Gasteiger partial charge on any atom is 0.203 e. The lowest BCUT2D eigenvalue weighted by Gasteiger charge is -2.15. The second kappa shape index (κ2) is 8.83. The molecule has 8 nitrogen and oxygen atoms in total. The van der Waals surface area contributed by atoms with E-state index in [1.54, 1.807) is 39.0 Å². The van der Waals surface area contributed by atoms with Crippen LogP contribution in [-0.4, -0.2) is 40.8 Å². The van der Waals surface area contributed by atoms with E-state index in [1.807, 2.05) is 24.3 Å². The number of rotatable bonds is 7. The number of aromatic nitrogens is 4. The number of benzene rings is 2. The van der Waals surface area contributed by atoms with Crippen molar-refractivity contribution >= 4 is 44.1 Å². The zero-order valence-corrected chi connectivity index (χ0v) is 20.4. The fourth-order valence-corrected chi connectivity index (χ4v) is 4.88. The Hall–Kier alpha value is -3.85. The second-order valence-electron chi connectivity index (χ2n) is 8.00. The quantitative estimate of drug-likeness (QED) is 0.306. The molecule has 0 fully saturated rings. The molecule has 0 radical (unpaired) electrons. The number of imidazole rings is 1. The van der Waals surface area contributed by atoms with Crippen LogP contribution in [0.15, 0.2) is 48.1 Å². The average molecular weight is 476 g/mol. The van der Waals surface area contributed by atoms with Gasteiger partial charge >= 0.3 is 0 Å². The Morgan fingerprint density at radius 2 is 1.71 bits per heavy atom. The van der Waals surface area contributed by atoms with Crippen LogP contribution in [0.2, 0.25) is 0 Å². The fourth-order valence-electron chi connectivity index (χ4n) is 3.94. The fraction of sp³-hybridized carbons (Fsp3) is 0.240. The molecule has 1 N–H and O–H groups in total. The highest BCUT2D eigenvalue weighted by Crippen LogP contribution is 2.41. The molecule has 174 valence electrons. The van der Waals surface area contributed by atoms with Crippen LogP contribution in [-0.2, 0) is 0 Å². The molecule has 0 aliphatic rings. The Balaban J connectivity index is 1.70. The molecular formula is C25H25N5O3S. The van der Waals surface area contributed by atoms with Crippen molar-refractivity contribution in [2.24, 2.45) is 0 Å². The maximum atomic E-state index is 5.51. The molecule has 0 unspecified atom stereocenters. The topological polar surface area (TPSA) is 83.3 Å². The summed E-state index contributed by atoms with van der Waals surface area (Å²) in [4.78, 5) is 14.5. The summed E-state index contributed by atoms with van der Waals surface area (Å²) < 4.78 is 19.7. The van der Waals surface area contributed by atoms with Crippen LogP contribution in [0.25, 0.3) is 32.6 Å². The van der Waals surface area contributed by atoms with E-state index in [-0.39, 0.29) is 6.04 Å². The summed E-state index contributed by atoms with van der Waals surface area (Å²) >= 11 is 1.68. The molecule has 5 aromatic rings. The molecule has 0 saturated carbocycles. The third kappa shape index (κ3) is 3.67. The van der Waals surface area contributed by atoms with E-state index in [1.165, 1.54) is 4.70 Å². The van der Waals surface area contributed by atoms with Gasteiger partial charge in [-0.2, -0.15) is 0 Å². The van der Waals surface area contributed by atoms with Crippen molar-refractivity contribution in [3.63, 3.8) is 0 Å². The van der Waals surface area contributed by atoms with Gasteiger partial charge in [-0.15, -0.1) is 11.3 Å². The third-order valence-electron chi connectivity index (χ3n) is 5.63. The van der Waals surface area contributed by atoms with E-state index in [4.69, 9.17) is 24.2 Å². The Labute approximate surface area is 201 Å². The average Bonchev–Trinajstić information content (AvgIpc) is 3.48. The van der Waals surface area contributed by atoms with E-state index < -0.39 is 0 Å². The highest BCUT2D eigenvalue weighted by Gasteiger charge is 2.19. The van der Waals surface area contributed by atoms with Gasteiger partial charge in [-0.3, -0.25) is 0 Å². The van der Waals surface area contributed by atoms with Crippen molar-refractivity contribution < 1.29 is 14.2 Å². The summed E-state index contributed by atoms with van der Waals surface area (Å²) in [7, 11) is 4.76. The van der Waals surface area contributed by atoms with Crippen molar-refractivity contribution in [1.82, 2.24) is 19.5 Å². The standard InChI is InChI=1S/C25H25N5O3S/c1-14(2)30-13-26-21-24(27-15-10-18(31-3)22(33-5)19(11-15)32-4)28-23(29-25(21)30)17-12-34-20-9-7-6-8-16(17)20/h6-14H,1-5H3,(H,27,28,29). The zero-order chi connectivity index (χ0) is 23.8. The molecule has 0 spiro atoms. The SMILES string of the molecule is COc1cc(Nc2nc(-c3csc4ccccc34)nc3c2ncn3C(C)C)cc(OC)c1OC. The highest BCUT2D eigenvalue weighted by atomic mass is 32.1. The Morgan fingerprint density at radius 1 is 0.971 bits per heavy atom. The number of fused-ring (bicyclic) bond motifs is 2. The molecule has 5 rings (SSSR count). The molecule has 0 atom stereocenters. The molecule has 9 heteroatoms. The van der Waals surface area contributed by atoms with Gasteiger partial charge in [0.1, 0.15) is 0 Å². The number of hydrogen-bond donors (Lipinski definition) is 1. The van der Waals surface area contributed by atoms with Gasteiger partial charge in [0.15, 0.2) is 34.3 Å². The van der Waals surface area contributed by atoms with Gasteiger partial charge in [-0.25, -0.2) is 15.0 Å². The summed E-state index contributed by atoms with van der Waals surface area (Å²) in [5, 5.41) is 6.64. The number of nitrogens with one attached hydrogen (secondary N) is 1. The van der Waals surface area contributed by atoms with Gasteiger partial charge in [0.25, 0.3) is 0 Å². The predicted molar refractivity (Wildman–Crippen MR) is 136 cm³/mol. The number of ether oxygens (including phenoxy) is 3. The Bertz CT molecular complexity index is 1470. The predicted octanol–water partition coefficient (Wildman–Crippen LogP) is 6.06. The molecule has 3 heterocycles. The van der Waals surface area contributed by atoms with Crippen molar-refractivity contribution in [2.45, 2.75) is 19.9 Å². The van der Waals surface area contributed by atoms with Crippen LogP contribution in [0.3, 0.4) is 0 Å². The van der Waals surface area contributed by atoms with Crippen LogP contribution in [0.4, 0.5) is 11.5 Å². The Morgan fingerprint density at radius 3 is 2.38 bits per heavy atom. The van der Waals surface area contributed by atoms with E-state index in [0.29, 0.717) is 34.4 Å². The normalized spacial score (nSPS) is 11.4. The van der Waals surface area contributed by atoms with Crippen LogP contribution in [0.5, 0.6) is 17.2 Å². The largest absolute Gasteiger partial charge is 0.493 e. The molecule has 3 aromatic heterocycles. The molecule has 0 saturated heterocycles. The number of methoxy groups -OCH3 is 3. The van der Waals surface area contributed by atoms with Gasteiger partial charge in [0.2, 0.25) is 5.75 Å². The third-order valence-corrected chi connectivity index (χ3v) is 6.59. The monoisotopic (exact) mass is 475 g/mol. The first-order valence-electron chi connectivity index (χ1n) is 10.8.